The maximum absolute atomic E-state index is 10.8. The molecule has 1 heterocycles. The summed E-state index contributed by atoms with van der Waals surface area (Å²) in [5, 5.41) is 12.4. The number of hydrogen-bond acceptors (Lipinski definition) is 5. The van der Waals surface area contributed by atoms with Crippen LogP contribution in [0.3, 0.4) is 0 Å². The SMILES string of the molecule is CC/C(=C(/N)C1(OCc2cccc(/C=C/C[N+]3=CC=CC3=C(O)c3ccc(C)cc3)c2)CC1)N(C)N. The van der Waals surface area contributed by atoms with Crippen molar-refractivity contribution in [2.45, 2.75) is 45.3 Å². The summed E-state index contributed by atoms with van der Waals surface area (Å²) in [6.45, 7) is 5.23. The number of hydrazine groups is 1. The lowest BCUT2D eigenvalue weighted by Gasteiger charge is -2.24. The molecule has 0 radical (unpaired) electrons. The third-order valence-corrected chi connectivity index (χ3v) is 6.74. The number of ether oxygens (including phenoxy) is 1. The Morgan fingerprint density at radius 2 is 1.94 bits per heavy atom. The van der Waals surface area contributed by atoms with Gasteiger partial charge < -0.3 is 20.6 Å². The fraction of sp³-hybridized carbons (Fsp3) is 0.300. The van der Waals surface area contributed by atoms with Gasteiger partial charge in [-0.15, -0.1) is 0 Å². The number of allylic oxidation sites excluding steroid dienone is 3. The number of hydrogen-bond donors (Lipinski definition) is 3. The largest absolute Gasteiger partial charge is 0.502 e. The van der Waals surface area contributed by atoms with Crippen LogP contribution in [-0.4, -0.2) is 40.1 Å². The fourth-order valence-corrected chi connectivity index (χ4v) is 4.46. The molecule has 0 bridgehead atoms. The Hall–Kier alpha value is -3.61. The summed E-state index contributed by atoms with van der Waals surface area (Å²) in [6.07, 6.45) is 12.7. The second-order valence-electron chi connectivity index (χ2n) is 9.52. The number of benzene rings is 2. The summed E-state index contributed by atoms with van der Waals surface area (Å²) in [5.41, 5.74) is 12.7. The zero-order valence-electron chi connectivity index (χ0n) is 21.4. The molecule has 2 aromatic rings. The normalized spacial score (nSPS) is 18.3. The van der Waals surface area contributed by atoms with Crippen molar-refractivity contribution in [3.05, 3.63) is 106 Å². The molecule has 0 atom stereocenters. The summed E-state index contributed by atoms with van der Waals surface area (Å²) in [5.74, 6) is 6.24. The molecule has 0 amide bonds. The van der Waals surface area contributed by atoms with Crippen LogP contribution in [0.1, 0.15) is 48.4 Å². The van der Waals surface area contributed by atoms with Crippen LogP contribution in [0.4, 0.5) is 0 Å². The van der Waals surface area contributed by atoms with E-state index in [1.807, 2.05) is 67.2 Å². The zero-order chi connectivity index (χ0) is 25.7. The molecule has 6 nitrogen and oxygen atoms in total. The number of rotatable bonds is 10. The van der Waals surface area contributed by atoms with E-state index in [9.17, 15) is 5.11 Å². The average molecular weight is 486 g/mol. The molecule has 1 aliphatic carbocycles. The van der Waals surface area contributed by atoms with Gasteiger partial charge in [0.25, 0.3) is 0 Å². The molecule has 2 aliphatic rings. The highest BCUT2D eigenvalue weighted by atomic mass is 16.5. The molecule has 0 aromatic heterocycles. The average Bonchev–Trinajstić information content (AvgIpc) is 3.53. The highest BCUT2D eigenvalue weighted by Gasteiger charge is 2.48. The molecule has 0 spiro atoms. The topological polar surface area (TPSA) is 87.8 Å². The van der Waals surface area contributed by atoms with E-state index in [0.29, 0.717) is 13.2 Å². The Morgan fingerprint density at radius 3 is 2.61 bits per heavy atom. The number of aryl methyl sites for hydroxylation is 1. The first-order chi connectivity index (χ1) is 17.3. The van der Waals surface area contributed by atoms with Crippen molar-refractivity contribution >= 4 is 18.0 Å². The van der Waals surface area contributed by atoms with Gasteiger partial charge in [0.15, 0.2) is 18.5 Å². The maximum atomic E-state index is 10.8. The monoisotopic (exact) mass is 485 g/mol. The molecule has 1 saturated carbocycles. The van der Waals surface area contributed by atoms with E-state index < -0.39 is 5.60 Å². The van der Waals surface area contributed by atoms with Crippen molar-refractivity contribution < 1.29 is 14.4 Å². The Labute approximate surface area is 214 Å². The predicted octanol–water partition coefficient (Wildman–Crippen LogP) is 5.02. The lowest BCUT2D eigenvalue weighted by atomic mass is 10.1. The van der Waals surface area contributed by atoms with Gasteiger partial charge in [-0.3, -0.25) is 0 Å². The fourth-order valence-electron chi connectivity index (χ4n) is 4.46. The molecule has 0 saturated heterocycles. The minimum absolute atomic E-state index is 0.280. The van der Waals surface area contributed by atoms with Gasteiger partial charge >= 0.3 is 0 Å². The van der Waals surface area contributed by atoms with Gasteiger partial charge in [-0.05, 0) is 49.5 Å². The van der Waals surface area contributed by atoms with Gasteiger partial charge in [-0.2, -0.15) is 4.58 Å². The van der Waals surface area contributed by atoms with Crippen LogP contribution in [0.15, 0.2) is 83.9 Å². The molecule has 0 unspecified atom stereocenters. The maximum Gasteiger partial charge on any atom is 0.248 e. The van der Waals surface area contributed by atoms with Crippen molar-refractivity contribution in [2.75, 3.05) is 13.6 Å². The van der Waals surface area contributed by atoms with E-state index in [1.165, 1.54) is 5.56 Å². The Balaban J connectivity index is 1.39. The van der Waals surface area contributed by atoms with Crippen LogP contribution in [0.25, 0.3) is 11.8 Å². The van der Waals surface area contributed by atoms with E-state index in [2.05, 4.69) is 37.3 Å². The molecule has 1 fully saturated rings. The lowest BCUT2D eigenvalue weighted by Crippen LogP contribution is -2.33. The van der Waals surface area contributed by atoms with Crippen molar-refractivity contribution in [3.8, 4) is 0 Å². The Kier molecular flexibility index (Phi) is 7.77. The highest BCUT2D eigenvalue weighted by molar-refractivity contribution is 5.74. The molecular formula is C30H37N4O2+. The second-order valence-corrected chi connectivity index (χ2v) is 9.52. The first kappa shape index (κ1) is 25.5. The number of aliphatic hydroxyl groups excluding tert-OH is 1. The van der Waals surface area contributed by atoms with E-state index in [0.717, 1.165) is 53.0 Å². The quantitative estimate of drug-likeness (QED) is 0.190. The van der Waals surface area contributed by atoms with E-state index in [1.54, 1.807) is 5.01 Å². The van der Waals surface area contributed by atoms with Gasteiger partial charge in [-0.1, -0.05) is 61.0 Å². The molecule has 1 aliphatic heterocycles. The third-order valence-electron chi connectivity index (χ3n) is 6.74. The van der Waals surface area contributed by atoms with Crippen LogP contribution in [-0.2, 0) is 11.3 Å². The molecular weight excluding hydrogens is 448 g/mol. The second kappa shape index (κ2) is 11.0. The van der Waals surface area contributed by atoms with Crippen LogP contribution >= 0.6 is 0 Å². The van der Waals surface area contributed by atoms with Gasteiger partial charge in [0.1, 0.15) is 5.60 Å². The zero-order valence-corrected chi connectivity index (χ0v) is 21.4. The molecule has 36 heavy (non-hydrogen) atoms. The molecule has 6 heteroatoms. The smallest absolute Gasteiger partial charge is 0.248 e. The summed E-state index contributed by atoms with van der Waals surface area (Å²) in [4.78, 5) is 0. The molecule has 188 valence electrons. The van der Waals surface area contributed by atoms with Crippen molar-refractivity contribution in [2.24, 2.45) is 11.6 Å². The van der Waals surface area contributed by atoms with Crippen molar-refractivity contribution in [3.63, 3.8) is 0 Å². The highest BCUT2D eigenvalue weighted by Crippen LogP contribution is 2.46. The minimum Gasteiger partial charge on any atom is -0.502 e. The molecule has 5 N–H and O–H groups in total. The van der Waals surface area contributed by atoms with Gasteiger partial charge in [-0.25, -0.2) is 5.84 Å². The Morgan fingerprint density at radius 1 is 1.19 bits per heavy atom. The van der Waals surface area contributed by atoms with E-state index in [-0.39, 0.29) is 5.76 Å². The molecule has 4 rings (SSSR count). The number of aliphatic hydroxyl groups is 1. The first-order valence-corrected chi connectivity index (χ1v) is 12.5. The Bertz CT molecular complexity index is 1250. The number of nitrogens with two attached hydrogens (primary N) is 2. The van der Waals surface area contributed by atoms with Crippen molar-refractivity contribution in [1.29, 1.82) is 0 Å². The van der Waals surface area contributed by atoms with Gasteiger partial charge in [0.05, 0.1) is 18.0 Å². The summed E-state index contributed by atoms with van der Waals surface area (Å²) >= 11 is 0. The van der Waals surface area contributed by atoms with E-state index in [4.69, 9.17) is 16.3 Å². The van der Waals surface area contributed by atoms with Crippen LogP contribution in [0, 0.1) is 6.92 Å². The van der Waals surface area contributed by atoms with Crippen LogP contribution in [0.5, 0.6) is 0 Å². The van der Waals surface area contributed by atoms with Crippen molar-refractivity contribution in [1.82, 2.24) is 5.01 Å². The molecule has 2 aromatic carbocycles. The minimum atomic E-state index is -0.397. The predicted molar refractivity (Wildman–Crippen MR) is 147 cm³/mol. The first-order valence-electron chi connectivity index (χ1n) is 12.5. The number of nitrogens with zero attached hydrogens (tertiary/aromatic N) is 2. The standard InChI is InChI=1S/C30H36N4O2/c1-4-26(33(3)32)29(31)30(16-17-30)36-21-24-9-5-8-23(20-24)10-6-18-34-19-7-11-27(34)28(35)25-14-12-22(2)13-15-25/h5-15,19-20H,4,16-18,21,31-32H2,1-3H3/p+1/b10-6+,29-26-. The van der Waals surface area contributed by atoms with Gasteiger partial charge in [0, 0.05) is 24.8 Å². The summed E-state index contributed by atoms with van der Waals surface area (Å²) in [7, 11) is 1.82. The van der Waals surface area contributed by atoms with Crippen LogP contribution in [0.2, 0.25) is 0 Å². The third kappa shape index (κ3) is 5.78. The van der Waals surface area contributed by atoms with E-state index >= 15 is 0 Å². The summed E-state index contributed by atoms with van der Waals surface area (Å²) in [6, 6.07) is 16.2. The lowest BCUT2D eigenvalue weighted by molar-refractivity contribution is -0.451. The van der Waals surface area contributed by atoms with Crippen LogP contribution < -0.4 is 11.6 Å². The summed E-state index contributed by atoms with van der Waals surface area (Å²) < 4.78 is 8.34. The van der Waals surface area contributed by atoms with Gasteiger partial charge in [0.2, 0.25) is 5.70 Å².